The average Bonchev–Trinajstić information content (AvgIpc) is 2.65. The summed E-state index contributed by atoms with van der Waals surface area (Å²) in [5, 5.41) is 0. The molecule has 0 aromatic heterocycles. The molecule has 0 aliphatic heterocycles. The molecule has 0 bridgehead atoms. The second kappa shape index (κ2) is 8.54. The number of hydrogen-bond donors (Lipinski definition) is 0. The zero-order chi connectivity index (χ0) is 17.4. The molecule has 0 amide bonds. The summed E-state index contributed by atoms with van der Waals surface area (Å²) in [6.07, 6.45) is 0. The van der Waals surface area contributed by atoms with Crippen LogP contribution in [-0.2, 0) is 19.1 Å². The first-order chi connectivity index (χ1) is 11.7. The van der Waals surface area contributed by atoms with Crippen LogP contribution in [0.5, 0.6) is 0 Å². The van der Waals surface area contributed by atoms with E-state index in [0.29, 0.717) is 0 Å². The van der Waals surface area contributed by atoms with E-state index in [0.717, 1.165) is 11.1 Å². The largest absolute Gasteiger partial charge is 0.468 e. The van der Waals surface area contributed by atoms with Crippen LogP contribution in [0.4, 0.5) is 0 Å². The average molecular weight is 322 g/mol. The lowest BCUT2D eigenvalue weighted by molar-refractivity contribution is -0.159. The van der Waals surface area contributed by atoms with E-state index >= 15 is 0 Å². The van der Waals surface area contributed by atoms with Gasteiger partial charge in [0, 0.05) is 5.56 Å². The Labute approximate surface area is 141 Å². The van der Waals surface area contributed by atoms with E-state index in [-0.39, 0.29) is 0 Å². The lowest BCUT2D eigenvalue weighted by atomic mass is 9.86. The van der Waals surface area contributed by atoms with Crippen LogP contribution in [0, 0.1) is 17.8 Å². The summed E-state index contributed by atoms with van der Waals surface area (Å²) in [7, 11) is 2.48. The van der Waals surface area contributed by atoms with Gasteiger partial charge in [-0.2, -0.15) is 0 Å². The number of benzene rings is 2. The van der Waals surface area contributed by atoms with E-state index in [1.54, 1.807) is 0 Å². The Kier molecular flexibility index (Phi) is 6.16. The Morgan fingerprint density at radius 1 is 0.833 bits per heavy atom. The Morgan fingerprint density at radius 2 is 1.33 bits per heavy atom. The van der Waals surface area contributed by atoms with E-state index in [9.17, 15) is 9.59 Å². The van der Waals surface area contributed by atoms with Crippen LogP contribution in [0.15, 0.2) is 60.7 Å². The number of ether oxygens (including phenoxy) is 2. The van der Waals surface area contributed by atoms with E-state index in [2.05, 4.69) is 11.8 Å². The van der Waals surface area contributed by atoms with Crippen molar-refractivity contribution in [1.29, 1.82) is 0 Å². The fourth-order valence-corrected chi connectivity index (χ4v) is 2.32. The number of methoxy groups -OCH3 is 2. The van der Waals surface area contributed by atoms with Gasteiger partial charge in [0.25, 0.3) is 0 Å². The quantitative estimate of drug-likeness (QED) is 0.493. The standard InChI is InChI=1S/C20H18O4/c1-23-19(21)18(20(22)24-2)17(16-11-7-4-8-12-16)14-13-15-9-5-3-6-10-15/h3-12,17-18H,1-2H3/t17-/m1/s1. The summed E-state index contributed by atoms with van der Waals surface area (Å²) in [6, 6.07) is 18.5. The highest BCUT2D eigenvalue weighted by Crippen LogP contribution is 2.26. The molecule has 0 N–H and O–H groups in total. The van der Waals surface area contributed by atoms with Crippen molar-refractivity contribution < 1.29 is 19.1 Å². The number of carbonyl (C=O) groups is 2. The molecular weight excluding hydrogens is 304 g/mol. The zero-order valence-electron chi connectivity index (χ0n) is 13.6. The second-order valence-corrected chi connectivity index (χ2v) is 5.05. The molecule has 1 atom stereocenters. The summed E-state index contributed by atoms with van der Waals surface area (Å²) >= 11 is 0. The van der Waals surface area contributed by atoms with Gasteiger partial charge in [0.1, 0.15) is 0 Å². The summed E-state index contributed by atoms with van der Waals surface area (Å²) in [6.45, 7) is 0. The number of carbonyl (C=O) groups excluding carboxylic acids is 2. The fourth-order valence-electron chi connectivity index (χ4n) is 2.32. The van der Waals surface area contributed by atoms with Gasteiger partial charge in [0.15, 0.2) is 5.92 Å². The van der Waals surface area contributed by atoms with Crippen LogP contribution >= 0.6 is 0 Å². The molecule has 4 nitrogen and oxygen atoms in total. The maximum Gasteiger partial charge on any atom is 0.321 e. The highest BCUT2D eigenvalue weighted by Gasteiger charge is 2.37. The van der Waals surface area contributed by atoms with Crippen molar-refractivity contribution >= 4 is 11.9 Å². The first-order valence-electron chi connectivity index (χ1n) is 7.44. The van der Waals surface area contributed by atoms with Gasteiger partial charge < -0.3 is 9.47 Å². The highest BCUT2D eigenvalue weighted by atomic mass is 16.5. The molecule has 0 heterocycles. The van der Waals surface area contributed by atoms with Crippen LogP contribution in [0.2, 0.25) is 0 Å². The minimum Gasteiger partial charge on any atom is -0.468 e. The zero-order valence-corrected chi connectivity index (χ0v) is 13.6. The Hall–Kier alpha value is -3.06. The SMILES string of the molecule is COC(=O)C(C(=O)OC)[C@H](C#Cc1ccccc1)c1ccccc1. The minimum absolute atomic E-state index is 0.661. The van der Waals surface area contributed by atoms with Crippen LogP contribution in [0.1, 0.15) is 17.0 Å². The molecule has 2 aromatic rings. The summed E-state index contributed by atoms with van der Waals surface area (Å²) in [5.74, 6) is 2.91. The molecule has 0 aliphatic rings. The first kappa shape index (κ1) is 17.3. The third-order valence-corrected chi connectivity index (χ3v) is 3.55. The maximum atomic E-state index is 12.1. The van der Waals surface area contributed by atoms with Crippen LogP contribution < -0.4 is 0 Å². The van der Waals surface area contributed by atoms with Crippen molar-refractivity contribution in [3.05, 3.63) is 71.8 Å². The molecule has 4 heteroatoms. The molecule has 24 heavy (non-hydrogen) atoms. The van der Waals surface area contributed by atoms with Gasteiger partial charge >= 0.3 is 11.9 Å². The molecule has 0 spiro atoms. The van der Waals surface area contributed by atoms with Gasteiger partial charge in [-0.1, -0.05) is 60.4 Å². The Morgan fingerprint density at radius 3 is 1.83 bits per heavy atom. The molecule has 122 valence electrons. The van der Waals surface area contributed by atoms with Gasteiger partial charge in [-0.3, -0.25) is 9.59 Å². The Bertz CT molecular complexity index is 725. The summed E-state index contributed by atoms with van der Waals surface area (Å²) in [5.41, 5.74) is 1.55. The molecular formula is C20H18O4. The number of hydrogen-bond acceptors (Lipinski definition) is 4. The molecule has 0 saturated heterocycles. The topological polar surface area (TPSA) is 52.6 Å². The minimum atomic E-state index is -1.14. The second-order valence-electron chi connectivity index (χ2n) is 5.05. The van der Waals surface area contributed by atoms with Crippen LogP contribution in [0.25, 0.3) is 0 Å². The van der Waals surface area contributed by atoms with E-state index < -0.39 is 23.8 Å². The maximum absolute atomic E-state index is 12.1. The predicted octanol–water partition coefficient (Wildman–Crippen LogP) is 2.78. The molecule has 0 radical (unpaired) electrons. The predicted molar refractivity (Wildman–Crippen MR) is 90.0 cm³/mol. The molecule has 0 unspecified atom stereocenters. The van der Waals surface area contributed by atoms with Crippen molar-refractivity contribution in [2.45, 2.75) is 5.92 Å². The highest BCUT2D eigenvalue weighted by molar-refractivity contribution is 5.96. The number of rotatable bonds is 4. The van der Waals surface area contributed by atoms with Crippen molar-refractivity contribution in [1.82, 2.24) is 0 Å². The van der Waals surface area contributed by atoms with Crippen molar-refractivity contribution in [3.8, 4) is 11.8 Å². The fraction of sp³-hybridized carbons (Fsp3) is 0.200. The third-order valence-electron chi connectivity index (χ3n) is 3.55. The number of esters is 2. The molecule has 0 fully saturated rings. The third kappa shape index (κ3) is 4.23. The smallest absolute Gasteiger partial charge is 0.321 e. The van der Waals surface area contributed by atoms with Crippen molar-refractivity contribution in [2.75, 3.05) is 14.2 Å². The van der Waals surface area contributed by atoms with Gasteiger partial charge in [-0.15, -0.1) is 0 Å². The van der Waals surface area contributed by atoms with Crippen molar-refractivity contribution in [2.24, 2.45) is 5.92 Å². The van der Waals surface area contributed by atoms with Gasteiger partial charge in [0.05, 0.1) is 20.1 Å². The molecule has 2 rings (SSSR count). The summed E-state index contributed by atoms with van der Waals surface area (Å²) < 4.78 is 9.56. The van der Waals surface area contributed by atoms with E-state index in [4.69, 9.17) is 9.47 Å². The first-order valence-corrected chi connectivity index (χ1v) is 7.44. The lowest BCUT2D eigenvalue weighted by Crippen LogP contribution is -2.31. The van der Waals surface area contributed by atoms with E-state index in [1.807, 2.05) is 60.7 Å². The molecule has 0 saturated carbocycles. The van der Waals surface area contributed by atoms with Crippen LogP contribution in [-0.4, -0.2) is 26.2 Å². The van der Waals surface area contributed by atoms with Crippen molar-refractivity contribution in [3.63, 3.8) is 0 Å². The molecule has 2 aromatic carbocycles. The van der Waals surface area contributed by atoms with Gasteiger partial charge in [-0.05, 0) is 17.7 Å². The summed E-state index contributed by atoms with van der Waals surface area (Å²) in [4.78, 5) is 24.3. The normalized spacial score (nSPS) is 11.1. The Balaban J connectivity index is 2.48. The molecule has 0 aliphatic carbocycles. The van der Waals surface area contributed by atoms with E-state index in [1.165, 1.54) is 14.2 Å². The van der Waals surface area contributed by atoms with Crippen LogP contribution in [0.3, 0.4) is 0 Å². The lowest BCUT2D eigenvalue weighted by Gasteiger charge is -2.19. The van der Waals surface area contributed by atoms with Gasteiger partial charge in [-0.25, -0.2) is 0 Å². The van der Waals surface area contributed by atoms with Gasteiger partial charge in [0.2, 0.25) is 0 Å². The monoisotopic (exact) mass is 322 g/mol.